The van der Waals surface area contributed by atoms with Crippen molar-refractivity contribution in [2.24, 2.45) is 0 Å². The van der Waals surface area contributed by atoms with Crippen LogP contribution in [0.15, 0.2) is 6.07 Å². The Balaban J connectivity index is 1.66. The van der Waals surface area contributed by atoms with Crippen LogP contribution in [0.3, 0.4) is 0 Å². The lowest BCUT2D eigenvalue weighted by molar-refractivity contribution is -0.00504. The van der Waals surface area contributed by atoms with Crippen LogP contribution in [-0.4, -0.2) is 35.6 Å². The summed E-state index contributed by atoms with van der Waals surface area (Å²) in [6.07, 6.45) is 1.12. The molecule has 0 spiro atoms. The second-order valence-corrected chi connectivity index (χ2v) is 4.19. The summed E-state index contributed by atoms with van der Waals surface area (Å²) in [5.41, 5.74) is 2.35. The Hall–Kier alpha value is -0.870. The van der Waals surface area contributed by atoms with E-state index in [9.17, 15) is 0 Å². The van der Waals surface area contributed by atoms with Crippen LogP contribution in [0, 0.1) is 13.8 Å². The summed E-state index contributed by atoms with van der Waals surface area (Å²) in [7, 11) is 0. The second-order valence-electron chi connectivity index (χ2n) is 4.19. The minimum atomic E-state index is 0.588. The van der Waals surface area contributed by atoms with Crippen molar-refractivity contribution < 1.29 is 4.74 Å². The van der Waals surface area contributed by atoms with E-state index in [0.717, 1.165) is 38.4 Å². The maximum Gasteiger partial charge on any atom is 0.0643 e. The molecule has 0 aromatic carbocycles. The van der Waals surface area contributed by atoms with Crippen LogP contribution in [0.5, 0.6) is 0 Å². The molecule has 0 radical (unpaired) electrons. The third-order valence-electron chi connectivity index (χ3n) is 2.72. The summed E-state index contributed by atoms with van der Waals surface area (Å²) in [5.74, 6) is 0. The van der Waals surface area contributed by atoms with Crippen LogP contribution in [-0.2, 0) is 11.3 Å². The van der Waals surface area contributed by atoms with Gasteiger partial charge in [-0.15, -0.1) is 0 Å². The molecule has 1 aliphatic rings. The quantitative estimate of drug-likeness (QED) is 0.732. The summed E-state index contributed by atoms with van der Waals surface area (Å²) >= 11 is 0. The van der Waals surface area contributed by atoms with Crippen LogP contribution in [0.25, 0.3) is 0 Å². The van der Waals surface area contributed by atoms with Gasteiger partial charge in [-0.2, -0.15) is 5.10 Å². The predicted octanol–water partition coefficient (Wildman–Crippen LogP) is 0.878. The first-order valence-corrected chi connectivity index (χ1v) is 5.58. The van der Waals surface area contributed by atoms with Gasteiger partial charge >= 0.3 is 0 Å². The Kier molecular flexibility index (Phi) is 3.38. The van der Waals surface area contributed by atoms with Crippen molar-refractivity contribution >= 4 is 0 Å². The number of ether oxygens (including phenoxy) is 1. The molecule has 2 rings (SSSR count). The van der Waals surface area contributed by atoms with E-state index in [-0.39, 0.29) is 0 Å². The lowest BCUT2D eigenvalue weighted by Gasteiger charge is -2.26. The smallest absolute Gasteiger partial charge is 0.0643 e. The number of nitrogens with zero attached hydrogens (tertiary/aromatic N) is 2. The molecule has 0 bridgehead atoms. The van der Waals surface area contributed by atoms with Crippen molar-refractivity contribution in [1.82, 2.24) is 15.1 Å². The molecule has 84 valence electrons. The van der Waals surface area contributed by atoms with Gasteiger partial charge in [0.05, 0.1) is 24.9 Å². The van der Waals surface area contributed by atoms with E-state index in [1.165, 1.54) is 5.69 Å². The number of rotatable bonds is 5. The minimum absolute atomic E-state index is 0.588. The first-order chi connectivity index (χ1) is 7.25. The molecule has 1 aromatic rings. The van der Waals surface area contributed by atoms with E-state index in [1.807, 2.05) is 6.92 Å². The van der Waals surface area contributed by atoms with E-state index in [0.29, 0.717) is 6.04 Å². The third-order valence-corrected chi connectivity index (χ3v) is 2.72. The highest BCUT2D eigenvalue weighted by Crippen LogP contribution is 2.03. The first-order valence-electron chi connectivity index (χ1n) is 5.58. The van der Waals surface area contributed by atoms with Crippen LogP contribution >= 0.6 is 0 Å². The molecule has 4 heteroatoms. The first kappa shape index (κ1) is 10.6. The molecule has 0 amide bonds. The van der Waals surface area contributed by atoms with Crippen molar-refractivity contribution in [2.75, 3.05) is 19.8 Å². The SMILES string of the molecule is Cc1cc(C)n(CCCNC2COC2)n1. The molecule has 0 saturated carbocycles. The Bertz CT molecular complexity index is 318. The van der Waals surface area contributed by atoms with Crippen molar-refractivity contribution in [3.8, 4) is 0 Å². The highest BCUT2D eigenvalue weighted by atomic mass is 16.5. The molecular formula is C11H19N3O. The minimum Gasteiger partial charge on any atom is -0.378 e. The molecule has 0 unspecified atom stereocenters. The van der Waals surface area contributed by atoms with Gasteiger partial charge < -0.3 is 10.1 Å². The van der Waals surface area contributed by atoms with Gasteiger partial charge in [-0.1, -0.05) is 0 Å². The van der Waals surface area contributed by atoms with E-state index >= 15 is 0 Å². The van der Waals surface area contributed by atoms with Crippen molar-refractivity contribution in [2.45, 2.75) is 32.9 Å². The van der Waals surface area contributed by atoms with Crippen LogP contribution in [0.1, 0.15) is 17.8 Å². The third kappa shape index (κ3) is 2.79. The van der Waals surface area contributed by atoms with Gasteiger partial charge in [0.1, 0.15) is 0 Å². The molecule has 1 saturated heterocycles. The van der Waals surface area contributed by atoms with Crippen LogP contribution in [0.4, 0.5) is 0 Å². The van der Waals surface area contributed by atoms with Crippen LogP contribution in [0.2, 0.25) is 0 Å². The summed E-state index contributed by atoms with van der Waals surface area (Å²) in [6.45, 7) is 7.94. The fourth-order valence-electron chi connectivity index (χ4n) is 1.79. The van der Waals surface area contributed by atoms with Gasteiger partial charge in [0.15, 0.2) is 0 Å². The van der Waals surface area contributed by atoms with Gasteiger partial charge in [-0.3, -0.25) is 4.68 Å². The van der Waals surface area contributed by atoms with E-state index in [1.54, 1.807) is 0 Å². The second kappa shape index (κ2) is 4.77. The highest BCUT2D eigenvalue weighted by Gasteiger charge is 2.16. The monoisotopic (exact) mass is 209 g/mol. The van der Waals surface area contributed by atoms with E-state index in [4.69, 9.17) is 4.74 Å². The van der Waals surface area contributed by atoms with Crippen molar-refractivity contribution in [1.29, 1.82) is 0 Å². The summed E-state index contributed by atoms with van der Waals surface area (Å²) in [4.78, 5) is 0. The van der Waals surface area contributed by atoms with Gasteiger partial charge in [0, 0.05) is 12.2 Å². The lowest BCUT2D eigenvalue weighted by atomic mass is 10.2. The molecule has 2 heterocycles. The number of hydrogen-bond donors (Lipinski definition) is 1. The maximum atomic E-state index is 5.09. The van der Waals surface area contributed by atoms with Crippen LogP contribution < -0.4 is 5.32 Å². The van der Waals surface area contributed by atoms with E-state index < -0.39 is 0 Å². The normalized spacial score (nSPS) is 16.7. The number of nitrogens with one attached hydrogen (secondary N) is 1. The maximum absolute atomic E-state index is 5.09. The molecule has 4 nitrogen and oxygen atoms in total. The number of aromatic nitrogens is 2. The van der Waals surface area contributed by atoms with Gasteiger partial charge in [0.25, 0.3) is 0 Å². The molecule has 0 aliphatic carbocycles. The summed E-state index contributed by atoms with van der Waals surface area (Å²) in [5, 5.41) is 7.87. The average molecular weight is 209 g/mol. The van der Waals surface area contributed by atoms with Gasteiger partial charge in [-0.05, 0) is 32.9 Å². The standard InChI is InChI=1S/C11H19N3O/c1-9-6-10(2)14(13-9)5-3-4-12-11-7-15-8-11/h6,11-12H,3-5,7-8H2,1-2H3. The zero-order valence-electron chi connectivity index (χ0n) is 9.49. The summed E-state index contributed by atoms with van der Waals surface area (Å²) < 4.78 is 7.17. The Morgan fingerprint density at radius 2 is 2.33 bits per heavy atom. The fraction of sp³-hybridized carbons (Fsp3) is 0.727. The van der Waals surface area contributed by atoms with E-state index in [2.05, 4.69) is 28.1 Å². The molecule has 1 fully saturated rings. The Morgan fingerprint density at radius 1 is 1.53 bits per heavy atom. The predicted molar refractivity (Wildman–Crippen MR) is 58.9 cm³/mol. The molecule has 1 N–H and O–H groups in total. The average Bonchev–Trinajstić information content (AvgIpc) is 2.42. The lowest BCUT2D eigenvalue weighted by Crippen LogP contribution is -2.46. The number of aryl methyl sites for hydroxylation is 3. The van der Waals surface area contributed by atoms with Gasteiger partial charge in [-0.25, -0.2) is 0 Å². The zero-order valence-corrected chi connectivity index (χ0v) is 9.49. The Labute approximate surface area is 90.6 Å². The van der Waals surface area contributed by atoms with Crippen molar-refractivity contribution in [3.05, 3.63) is 17.5 Å². The zero-order chi connectivity index (χ0) is 10.7. The fourth-order valence-corrected chi connectivity index (χ4v) is 1.79. The topological polar surface area (TPSA) is 39.1 Å². The largest absolute Gasteiger partial charge is 0.378 e. The Morgan fingerprint density at radius 3 is 2.87 bits per heavy atom. The van der Waals surface area contributed by atoms with Gasteiger partial charge in [0.2, 0.25) is 0 Å². The molecular weight excluding hydrogens is 190 g/mol. The molecule has 15 heavy (non-hydrogen) atoms. The number of hydrogen-bond acceptors (Lipinski definition) is 3. The molecule has 0 atom stereocenters. The van der Waals surface area contributed by atoms with Crippen molar-refractivity contribution in [3.63, 3.8) is 0 Å². The highest BCUT2D eigenvalue weighted by molar-refractivity contribution is 5.06. The summed E-state index contributed by atoms with van der Waals surface area (Å²) in [6, 6.07) is 2.71. The molecule has 1 aliphatic heterocycles. The molecule has 1 aromatic heterocycles.